The molecule has 1 heterocycles. The third kappa shape index (κ3) is 5.06. The molecule has 0 aliphatic heterocycles. The minimum Gasteiger partial charge on any atom is -0.355 e. The van der Waals surface area contributed by atoms with Gasteiger partial charge in [-0.25, -0.2) is 9.97 Å². The molecule has 2 aromatic rings. The Kier molecular flexibility index (Phi) is 6.16. The quantitative estimate of drug-likeness (QED) is 0.652. The summed E-state index contributed by atoms with van der Waals surface area (Å²) in [6.45, 7) is 8.69. The minimum absolute atomic E-state index is 0.0114. The summed E-state index contributed by atoms with van der Waals surface area (Å²) < 4.78 is 0. The van der Waals surface area contributed by atoms with Gasteiger partial charge in [0, 0.05) is 17.9 Å². The molecular weight excluding hydrogens is 306 g/mol. The molecule has 1 aromatic carbocycles. The van der Waals surface area contributed by atoms with E-state index in [1.165, 1.54) is 17.3 Å². The first-order chi connectivity index (χ1) is 11.0. The minimum atomic E-state index is 0.0114. The highest BCUT2D eigenvalue weighted by Crippen LogP contribution is 2.17. The summed E-state index contributed by atoms with van der Waals surface area (Å²) in [5.41, 5.74) is 4.28. The average molecular weight is 329 g/mol. The van der Waals surface area contributed by atoms with Crippen LogP contribution in [0.3, 0.4) is 0 Å². The topological polar surface area (TPSA) is 54.9 Å². The summed E-state index contributed by atoms with van der Waals surface area (Å²) in [4.78, 5) is 20.8. The predicted molar refractivity (Wildman–Crippen MR) is 94.8 cm³/mol. The number of nitrogens with one attached hydrogen (secondary N) is 1. The number of rotatable bonds is 6. The Balaban J connectivity index is 1.81. The highest BCUT2D eigenvalue weighted by molar-refractivity contribution is 7.99. The van der Waals surface area contributed by atoms with Gasteiger partial charge < -0.3 is 5.32 Å². The van der Waals surface area contributed by atoms with Crippen molar-refractivity contribution < 1.29 is 4.79 Å². The molecule has 0 fully saturated rings. The van der Waals surface area contributed by atoms with Gasteiger partial charge in [0.1, 0.15) is 0 Å². The Morgan fingerprint density at radius 3 is 2.35 bits per heavy atom. The molecule has 23 heavy (non-hydrogen) atoms. The van der Waals surface area contributed by atoms with E-state index < -0.39 is 0 Å². The van der Waals surface area contributed by atoms with Crippen LogP contribution in [0.25, 0.3) is 0 Å². The van der Waals surface area contributed by atoms with Crippen molar-refractivity contribution in [2.45, 2.75) is 38.8 Å². The molecule has 1 atom stereocenters. The van der Waals surface area contributed by atoms with Crippen molar-refractivity contribution in [3.05, 3.63) is 52.8 Å². The Bertz CT molecular complexity index is 650. The van der Waals surface area contributed by atoms with E-state index in [0.717, 1.165) is 17.0 Å². The number of aryl methyl sites for hydroxylation is 2. The van der Waals surface area contributed by atoms with Gasteiger partial charge in [0.15, 0.2) is 5.16 Å². The number of thioether (sulfide) groups is 1. The number of benzene rings is 1. The first-order valence-corrected chi connectivity index (χ1v) is 8.72. The molecule has 1 N–H and O–H groups in total. The van der Waals surface area contributed by atoms with Crippen molar-refractivity contribution in [3.8, 4) is 0 Å². The third-order valence-electron chi connectivity index (χ3n) is 3.92. The smallest absolute Gasteiger partial charge is 0.230 e. The zero-order chi connectivity index (χ0) is 16.8. The standard InChI is InChI=1S/C18H23N3OS/c1-12(16-8-6-5-7-9-16)10-19-17(22)11-23-18-20-14(3)13(2)15(4)21-18/h5-9,12H,10-11H2,1-4H3,(H,19,22)/t12-/m1/s1. The van der Waals surface area contributed by atoms with Gasteiger partial charge in [0.05, 0.1) is 5.75 Å². The zero-order valence-electron chi connectivity index (χ0n) is 14.1. The second kappa shape index (κ2) is 8.11. The van der Waals surface area contributed by atoms with Gasteiger partial charge >= 0.3 is 0 Å². The van der Waals surface area contributed by atoms with E-state index in [9.17, 15) is 4.79 Å². The third-order valence-corrected chi connectivity index (χ3v) is 4.77. The molecule has 0 aliphatic carbocycles. The normalized spacial score (nSPS) is 12.0. The number of aromatic nitrogens is 2. The molecule has 0 bridgehead atoms. The van der Waals surface area contributed by atoms with Gasteiger partial charge in [-0.15, -0.1) is 0 Å². The molecular formula is C18H23N3OS. The van der Waals surface area contributed by atoms with Crippen LogP contribution in [0.15, 0.2) is 35.5 Å². The summed E-state index contributed by atoms with van der Waals surface area (Å²) in [7, 11) is 0. The SMILES string of the molecule is Cc1nc(SCC(=O)NC[C@@H](C)c2ccccc2)nc(C)c1C. The first kappa shape index (κ1) is 17.5. The van der Waals surface area contributed by atoms with Crippen molar-refractivity contribution in [2.75, 3.05) is 12.3 Å². The average Bonchev–Trinajstić information content (AvgIpc) is 2.56. The number of carbonyl (C=O) groups is 1. The van der Waals surface area contributed by atoms with Crippen LogP contribution < -0.4 is 5.32 Å². The molecule has 0 saturated carbocycles. The van der Waals surface area contributed by atoms with Crippen LogP contribution in [0.2, 0.25) is 0 Å². The molecule has 0 saturated heterocycles. The van der Waals surface area contributed by atoms with Crippen LogP contribution in [0.5, 0.6) is 0 Å². The van der Waals surface area contributed by atoms with Crippen LogP contribution in [0.4, 0.5) is 0 Å². The highest BCUT2D eigenvalue weighted by Gasteiger charge is 2.10. The second-order valence-corrected chi connectivity index (χ2v) is 6.65. The van der Waals surface area contributed by atoms with Crippen molar-refractivity contribution in [1.82, 2.24) is 15.3 Å². The van der Waals surface area contributed by atoms with Gasteiger partial charge in [-0.05, 0) is 37.8 Å². The van der Waals surface area contributed by atoms with Gasteiger partial charge in [-0.3, -0.25) is 4.79 Å². The fourth-order valence-electron chi connectivity index (χ4n) is 2.15. The monoisotopic (exact) mass is 329 g/mol. The maximum Gasteiger partial charge on any atom is 0.230 e. The molecule has 122 valence electrons. The lowest BCUT2D eigenvalue weighted by atomic mass is 10.0. The zero-order valence-corrected chi connectivity index (χ0v) is 14.9. The molecule has 0 aliphatic rings. The molecule has 0 radical (unpaired) electrons. The number of nitrogens with zero attached hydrogens (tertiary/aromatic N) is 2. The Morgan fingerprint density at radius 1 is 1.13 bits per heavy atom. The highest BCUT2D eigenvalue weighted by atomic mass is 32.2. The fourth-order valence-corrected chi connectivity index (χ4v) is 2.92. The van der Waals surface area contributed by atoms with E-state index in [1.54, 1.807) is 0 Å². The van der Waals surface area contributed by atoms with E-state index in [2.05, 4.69) is 34.3 Å². The summed E-state index contributed by atoms with van der Waals surface area (Å²) >= 11 is 1.38. The number of hydrogen-bond acceptors (Lipinski definition) is 4. The summed E-state index contributed by atoms with van der Waals surface area (Å²) in [6, 6.07) is 10.2. The summed E-state index contributed by atoms with van der Waals surface area (Å²) in [5, 5.41) is 3.64. The van der Waals surface area contributed by atoms with Crippen LogP contribution in [0, 0.1) is 20.8 Å². The maximum absolute atomic E-state index is 12.0. The lowest BCUT2D eigenvalue weighted by molar-refractivity contribution is -0.118. The van der Waals surface area contributed by atoms with E-state index >= 15 is 0 Å². The van der Waals surface area contributed by atoms with Gasteiger partial charge in [-0.1, -0.05) is 49.0 Å². The molecule has 0 unspecified atom stereocenters. The number of amides is 1. The van der Waals surface area contributed by atoms with E-state index in [4.69, 9.17) is 0 Å². The maximum atomic E-state index is 12.0. The molecule has 4 nitrogen and oxygen atoms in total. The van der Waals surface area contributed by atoms with Crippen molar-refractivity contribution in [2.24, 2.45) is 0 Å². The largest absolute Gasteiger partial charge is 0.355 e. The molecule has 0 spiro atoms. The van der Waals surface area contributed by atoms with Gasteiger partial charge in [0.2, 0.25) is 5.91 Å². The molecule has 2 rings (SSSR count). The molecule has 1 amide bonds. The number of hydrogen-bond donors (Lipinski definition) is 1. The molecule has 5 heteroatoms. The van der Waals surface area contributed by atoms with Crippen LogP contribution in [-0.2, 0) is 4.79 Å². The first-order valence-electron chi connectivity index (χ1n) is 7.73. The summed E-state index contributed by atoms with van der Waals surface area (Å²) in [6.07, 6.45) is 0. The van der Waals surface area contributed by atoms with E-state index in [1.807, 2.05) is 39.0 Å². The van der Waals surface area contributed by atoms with Crippen LogP contribution in [0.1, 0.15) is 35.4 Å². The Morgan fingerprint density at radius 2 is 1.74 bits per heavy atom. The van der Waals surface area contributed by atoms with Crippen molar-refractivity contribution in [3.63, 3.8) is 0 Å². The lowest BCUT2D eigenvalue weighted by Crippen LogP contribution is -2.29. The predicted octanol–water partition coefficient (Wildman–Crippen LogP) is 3.41. The van der Waals surface area contributed by atoms with Crippen LogP contribution in [-0.4, -0.2) is 28.2 Å². The van der Waals surface area contributed by atoms with Crippen molar-refractivity contribution in [1.29, 1.82) is 0 Å². The van der Waals surface area contributed by atoms with Gasteiger partial charge in [0.25, 0.3) is 0 Å². The van der Waals surface area contributed by atoms with Gasteiger partial charge in [-0.2, -0.15) is 0 Å². The van der Waals surface area contributed by atoms with E-state index in [-0.39, 0.29) is 5.91 Å². The van der Waals surface area contributed by atoms with E-state index in [0.29, 0.717) is 23.4 Å². The summed E-state index contributed by atoms with van der Waals surface area (Å²) in [5.74, 6) is 0.645. The number of carbonyl (C=O) groups excluding carboxylic acids is 1. The Hall–Kier alpha value is -1.88. The second-order valence-electron chi connectivity index (χ2n) is 5.71. The fraction of sp³-hybridized carbons (Fsp3) is 0.389. The molecule has 1 aromatic heterocycles. The van der Waals surface area contributed by atoms with Crippen molar-refractivity contribution >= 4 is 17.7 Å². The van der Waals surface area contributed by atoms with Crippen LogP contribution >= 0.6 is 11.8 Å². The lowest BCUT2D eigenvalue weighted by Gasteiger charge is -2.13. The Labute approximate surface area is 142 Å².